The summed E-state index contributed by atoms with van der Waals surface area (Å²) in [7, 11) is 1.64. The van der Waals surface area contributed by atoms with Crippen molar-refractivity contribution in [3.63, 3.8) is 0 Å². The molecule has 108 valence electrons. The molecular formula is C15H20N2O2S. The summed E-state index contributed by atoms with van der Waals surface area (Å²) < 4.78 is 5.15. The van der Waals surface area contributed by atoms with E-state index in [0.717, 1.165) is 49.5 Å². The monoisotopic (exact) mass is 292 g/mol. The highest BCUT2D eigenvalue weighted by molar-refractivity contribution is 8.00. The summed E-state index contributed by atoms with van der Waals surface area (Å²) >= 11 is 1.94. The van der Waals surface area contributed by atoms with E-state index in [1.54, 1.807) is 7.11 Å². The van der Waals surface area contributed by atoms with Crippen LogP contribution < -0.4 is 10.1 Å². The number of thioether (sulfide) groups is 1. The lowest BCUT2D eigenvalue weighted by atomic mass is 10.0. The molecule has 0 bridgehead atoms. The van der Waals surface area contributed by atoms with Gasteiger partial charge in [-0.25, -0.2) is 0 Å². The number of hydrogen-bond acceptors (Lipinski definition) is 4. The van der Waals surface area contributed by atoms with Crippen LogP contribution in [0.25, 0.3) is 0 Å². The highest BCUT2D eigenvalue weighted by Crippen LogP contribution is 2.43. The molecule has 0 radical (unpaired) electrons. The molecule has 2 aliphatic rings. The third-order valence-electron chi connectivity index (χ3n) is 4.14. The van der Waals surface area contributed by atoms with Gasteiger partial charge in [0.2, 0.25) is 0 Å². The van der Waals surface area contributed by atoms with Crippen molar-refractivity contribution in [1.82, 2.24) is 10.2 Å². The molecule has 0 aromatic heterocycles. The number of hydrogen-bond donors (Lipinski definition) is 1. The van der Waals surface area contributed by atoms with E-state index in [4.69, 9.17) is 4.74 Å². The highest BCUT2D eigenvalue weighted by atomic mass is 32.2. The quantitative estimate of drug-likeness (QED) is 0.905. The summed E-state index contributed by atoms with van der Waals surface area (Å²) in [5, 5.41) is 3.38. The van der Waals surface area contributed by atoms with Gasteiger partial charge in [0.15, 0.2) is 0 Å². The number of nitrogens with one attached hydrogen (secondary N) is 1. The number of rotatable bonds is 2. The van der Waals surface area contributed by atoms with Crippen LogP contribution in [0.5, 0.6) is 5.75 Å². The fourth-order valence-electron chi connectivity index (χ4n) is 3.02. The van der Waals surface area contributed by atoms with Crippen LogP contribution >= 0.6 is 11.8 Å². The molecule has 2 saturated heterocycles. The number of benzene rings is 1. The Morgan fingerprint density at radius 2 is 2.00 bits per heavy atom. The fourth-order valence-corrected chi connectivity index (χ4v) is 4.49. The Hall–Kier alpha value is -1.20. The number of carbonyl (C=O) groups is 1. The molecular weight excluding hydrogens is 272 g/mol. The van der Waals surface area contributed by atoms with Crippen LogP contribution in [-0.4, -0.2) is 48.2 Å². The maximum Gasteiger partial charge on any atom is 0.255 e. The maximum absolute atomic E-state index is 12.8. The highest BCUT2D eigenvalue weighted by Gasteiger charge is 2.45. The van der Waals surface area contributed by atoms with Gasteiger partial charge in [-0.2, -0.15) is 0 Å². The molecule has 0 aliphatic carbocycles. The Bertz CT molecular complexity index is 483. The average molecular weight is 292 g/mol. The van der Waals surface area contributed by atoms with Crippen molar-refractivity contribution < 1.29 is 9.53 Å². The molecule has 1 aromatic rings. The first kappa shape index (κ1) is 13.8. The smallest absolute Gasteiger partial charge is 0.255 e. The number of piperidine rings is 1. The topological polar surface area (TPSA) is 41.6 Å². The number of carbonyl (C=O) groups excluding carboxylic acids is 1. The SMILES string of the molecule is COc1ccc(C(=O)N2CCSC23CCNCC3)cc1. The van der Waals surface area contributed by atoms with Crippen molar-refractivity contribution in [1.29, 1.82) is 0 Å². The third-order valence-corrected chi connectivity index (χ3v) is 5.70. The minimum absolute atomic E-state index is 0.0161. The summed E-state index contributed by atoms with van der Waals surface area (Å²) in [4.78, 5) is 14.9. The molecule has 3 rings (SSSR count). The van der Waals surface area contributed by atoms with Crippen molar-refractivity contribution >= 4 is 17.7 Å². The van der Waals surface area contributed by atoms with Crippen molar-refractivity contribution in [3.05, 3.63) is 29.8 Å². The zero-order valence-corrected chi connectivity index (χ0v) is 12.5. The Labute approximate surface area is 123 Å². The molecule has 0 saturated carbocycles. The molecule has 0 atom stereocenters. The lowest BCUT2D eigenvalue weighted by Crippen LogP contribution is -2.51. The normalized spacial score (nSPS) is 21.1. The summed E-state index contributed by atoms with van der Waals surface area (Å²) in [6.45, 7) is 2.86. The average Bonchev–Trinajstić information content (AvgIpc) is 2.90. The molecule has 2 aliphatic heterocycles. The van der Waals surface area contributed by atoms with Gasteiger partial charge in [0.1, 0.15) is 5.75 Å². The number of nitrogens with zero attached hydrogens (tertiary/aromatic N) is 1. The molecule has 1 aromatic carbocycles. The van der Waals surface area contributed by atoms with Gasteiger partial charge in [-0.15, -0.1) is 11.8 Å². The maximum atomic E-state index is 12.8. The van der Waals surface area contributed by atoms with Crippen LogP contribution in [0.15, 0.2) is 24.3 Å². The first-order valence-electron chi connectivity index (χ1n) is 7.06. The van der Waals surface area contributed by atoms with E-state index in [-0.39, 0.29) is 10.8 Å². The largest absolute Gasteiger partial charge is 0.497 e. The first-order chi connectivity index (χ1) is 9.75. The molecule has 1 N–H and O–H groups in total. The Balaban J connectivity index is 1.81. The van der Waals surface area contributed by atoms with Gasteiger partial charge in [-0.1, -0.05) is 0 Å². The lowest BCUT2D eigenvalue weighted by molar-refractivity contribution is 0.0635. The van der Waals surface area contributed by atoms with Gasteiger partial charge >= 0.3 is 0 Å². The molecule has 2 heterocycles. The van der Waals surface area contributed by atoms with Gasteiger partial charge in [0.25, 0.3) is 5.91 Å². The van der Waals surface area contributed by atoms with Crippen LogP contribution in [0.4, 0.5) is 0 Å². The van der Waals surface area contributed by atoms with Crippen molar-refractivity contribution in [2.24, 2.45) is 0 Å². The summed E-state index contributed by atoms with van der Waals surface area (Å²) in [6, 6.07) is 7.43. The number of methoxy groups -OCH3 is 1. The van der Waals surface area contributed by atoms with E-state index in [9.17, 15) is 4.79 Å². The molecule has 0 unspecified atom stereocenters. The molecule has 1 amide bonds. The van der Waals surface area contributed by atoms with Crippen LogP contribution in [-0.2, 0) is 0 Å². The molecule has 1 spiro atoms. The van der Waals surface area contributed by atoms with Crippen LogP contribution in [0.3, 0.4) is 0 Å². The minimum Gasteiger partial charge on any atom is -0.497 e. The fraction of sp³-hybridized carbons (Fsp3) is 0.533. The summed E-state index contributed by atoms with van der Waals surface area (Å²) in [5.41, 5.74) is 0.756. The predicted molar refractivity (Wildman–Crippen MR) is 81.3 cm³/mol. The molecule has 4 nitrogen and oxygen atoms in total. The van der Waals surface area contributed by atoms with Crippen LogP contribution in [0.2, 0.25) is 0 Å². The van der Waals surface area contributed by atoms with Gasteiger partial charge < -0.3 is 15.0 Å². The van der Waals surface area contributed by atoms with E-state index < -0.39 is 0 Å². The van der Waals surface area contributed by atoms with E-state index >= 15 is 0 Å². The Morgan fingerprint density at radius 1 is 1.30 bits per heavy atom. The minimum atomic E-state index is 0.0161. The van der Waals surface area contributed by atoms with Gasteiger partial charge in [-0.3, -0.25) is 4.79 Å². The lowest BCUT2D eigenvalue weighted by Gasteiger charge is -2.40. The molecule has 2 fully saturated rings. The van der Waals surface area contributed by atoms with Gasteiger partial charge in [0, 0.05) is 17.9 Å². The van der Waals surface area contributed by atoms with E-state index in [1.807, 2.05) is 36.0 Å². The second kappa shape index (κ2) is 5.66. The molecule has 20 heavy (non-hydrogen) atoms. The van der Waals surface area contributed by atoms with Crippen molar-refractivity contribution in [2.45, 2.75) is 17.7 Å². The first-order valence-corrected chi connectivity index (χ1v) is 8.04. The van der Waals surface area contributed by atoms with Crippen LogP contribution in [0, 0.1) is 0 Å². The summed E-state index contributed by atoms with van der Waals surface area (Å²) in [6.07, 6.45) is 2.08. The van der Waals surface area contributed by atoms with E-state index in [0.29, 0.717) is 0 Å². The predicted octanol–water partition coefficient (Wildman–Crippen LogP) is 1.96. The van der Waals surface area contributed by atoms with Crippen LogP contribution in [0.1, 0.15) is 23.2 Å². The second-order valence-corrected chi connectivity index (χ2v) is 6.69. The van der Waals surface area contributed by atoms with Gasteiger partial charge in [-0.05, 0) is 50.2 Å². The second-order valence-electron chi connectivity index (χ2n) is 5.23. The van der Waals surface area contributed by atoms with Gasteiger partial charge in [0.05, 0.1) is 12.0 Å². The standard InChI is InChI=1S/C15H20N2O2S/c1-19-13-4-2-12(3-5-13)14(18)17-10-11-20-15(17)6-8-16-9-7-15/h2-5,16H,6-11H2,1H3. The van der Waals surface area contributed by atoms with Crippen molar-refractivity contribution in [3.8, 4) is 5.75 Å². The third kappa shape index (κ3) is 2.40. The van der Waals surface area contributed by atoms with Crippen molar-refractivity contribution in [2.75, 3.05) is 32.5 Å². The number of amides is 1. The number of ether oxygens (including phenoxy) is 1. The zero-order chi connectivity index (χ0) is 14.0. The summed E-state index contributed by atoms with van der Waals surface area (Å²) in [5.74, 6) is 1.98. The van der Waals surface area contributed by atoms with E-state index in [1.165, 1.54) is 0 Å². The Morgan fingerprint density at radius 3 is 2.65 bits per heavy atom. The Kier molecular flexibility index (Phi) is 3.89. The zero-order valence-electron chi connectivity index (χ0n) is 11.7. The van der Waals surface area contributed by atoms with E-state index in [2.05, 4.69) is 10.2 Å². The molecule has 5 heteroatoms.